The van der Waals surface area contributed by atoms with Crippen molar-refractivity contribution in [3.63, 3.8) is 0 Å². The molecule has 0 aliphatic carbocycles. The highest BCUT2D eigenvalue weighted by Gasteiger charge is 2.20. The van der Waals surface area contributed by atoms with Gasteiger partial charge in [0.05, 0.1) is 27.9 Å². The number of anilines is 1. The number of hydrogen-bond acceptors (Lipinski definition) is 3. The van der Waals surface area contributed by atoms with Crippen LogP contribution in [-0.4, -0.2) is 15.5 Å². The quantitative estimate of drug-likeness (QED) is 0.813. The molecule has 0 fully saturated rings. The van der Waals surface area contributed by atoms with E-state index in [0.29, 0.717) is 11.4 Å². The van der Waals surface area contributed by atoms with Crippen molar-refractivity contribution in [3.8, 4) is 5.75 Å². The lowest BCUT2D eigenvalue weighted by Gasteiger charge is -2.11. The Kier molecular flexibility index (Phi) is 4.88. The summed E-state index contributed by atoms with van der Waals surface area (Å²) in [4.78, 5) is -0.151. The lowest BCUT2D eigenvalue weighted by molar-refractivity contribution is 0.415. The van der Waals surface area contributed by atoms with E-state index in [-0.39, 0.29) is 20.0 Å². The van der Waals surface area contributed by atoms with Crippen molar-refractivity contribution in [2.24, 2.45) is 0 Å². The first kappa shape index (κ1) is 16.2. The number of methoxy groups -OCH3 is 1. The highest BCUT2D eigenvalue weighted by Crippen LogP contribution is 2.32. The molecular weight excluding hydrogens is 357 g/mol. The van der Waals surface area contributed by atoms with E-state index in [9.17, 15) is 8.42 Å². The fourth-order valence-corrected chi connectivity index (χ4v) is 3.66. The molecule has 4 nitrogen and oxygen atoms in total. The van der Waals surface area contributed by atoms with E-state index in [2.05, 4.69) is 4.72 Å². The van der Waals surface area contributed by atoms with Gasteiger partial charge in [-0.2, -0.15) is 0 Å². The van der Waals surface area contributed by atoms with Crippen LogP contribution in [0.15, 0.2) is 41.3 Å². The Bertz CT molecular complexity index is 778. The average Bonchev–Trinajstić information content (AvgIpc) is 2.42. The minimum atomic E-state index is -3.89. The normalized spacial score (nSPS) is 11.2. The third-order valence-electron chi connectivity index (χ3n) is 2.59. The zero-order valence-corrected chi connectivity index (χ0v) is 13.8. The van der Waals surface area contributed by atoms with Crippen molar-refractivity contribution in [2.45, 2.75) is 4.90 Å². The first-order valence-corrected chi connectivity index (χ1v) is 8.26. The molecule has 0 atom stereocenters. The van der Waals surface area contributed by atoms with Gasteiger partial charge in [-0.05, 0) is 24.3 Å². The van der Waals surface area contributed by atoms with Gasteiger partial charge in [0.2, 0.25) is 0 Å². The number of rotatable bonds is 4. The minimum Gasteiger partial charge on any atom is -0.497 e. The van der Waals surface area contributed by atoms with Crippen molar-refractivity contribution in [2.75, 3.05) is 11.8 Å². The molecule has 2 aromatic rings. The number of halogens is 3. The van der Waals surface area contributed by atoms with Crippen molar-refractivity contribution in [1.29, 1.82) is 0 Å². The maximum atomic E-state index is 12.3. The fraction of sp³-hybridized carbons (Fsp3) is 0.0769. The summed E-state index contributed by atoms with van der Waals surface area (Å²) >= 11 is 17.6. The van der Waals surface area contributed by atoms with Gasteiger partial charge in [-0.15, -0.1) is 0 Å². The average molecular weight is 367 g/mol. The Hall–Kier alpha value is -1.14. The van der Waals surface area contributed by atoms with Crippen LogP contribution in [0.4, 0.5) is 5.69 Å². The van der Waals surface area contributed by atoms with E-state index >= 15 is 0 Å². The molecule has 2 rings (SSSR count). The summed E-state index contributed by atoms with van der Waals surface area (Å²) in [5.74, 6) is 0.524. The highest BCUT2D eigenvalue weighted by atomic mass is 35.5. The molecule has 0 aliphatic heterocycles. The van der Waals surface area contributed by atoms with Gasteiger partial charge in [0.25, 0.3) is 10.0 Å². The summed E-state index contributed by atoms with van der Waals surface area (Å²) in [5, 5.41) is 0.272. The standard InChI is InChI=1S/C13H10Cl3NO3S/c1-20-9-4-2-3-8(5-9)17-21(18,19)13-7-11(15)10(14)6-12(13)16/h2-7,17H,1H3. The summed E-state index contributed by atoms with van der Waals surface area (Å²) in [6, 6.07) is 8.98. The van der Waals surface area contributed by atoms with Gasteiger partial charge in [-0.3, -0.25) is 4.72 Å². The van der Waals surface area contributed by atoms with E-state index in [1.807, 2.05) is 0 Å². The molecule has 0 bridgehead atoms. The molecule has 0 saturated carbocycles. The first-order chi connectivity index (χ1) is 9.83. The van der Waals surface area contributed by atoms with Crippen LogP contribution in [0.25, 0.3) is 0 Å². The van der Waals surface area contributed by atoms with Crippen LogP contribution < -0.4 is 9.46 Å². The summed E-state index contributed by atoms with van der Waals surface area (Å²) in [7, 11) is -2.40. The largest absolute Gasteiger partial charge is 0.497 e. The van der Waals surface area contributed by atoms with Crippen LogP contribution in [0.1, 0.15) is 0 Å². The summed E-state index contributed by atoms with van der Waals surface area (Å²) in [6.07, 6.45) is 0. The Morgan fingerprint density at radius 2 is 1.67 bits per heavy atom. The fourth-order valence-electron chi connectivity index (χ4n) is 1.61. The maximum Gasteiger partial charge on any atom is 0.263 e. The molecule has 0 aliphatic rings. The van der Waals surface area contributed by atoms with Gasteiger partial charge < -0.3 is 4.74 Å². The van der Waals surface area contributed by atoms with Gasteiger partial charge in [0, 0.05) is 6.07 Å². The van der Waals surface area contributed by atoms with Crippen molar-refractivity contribution < 1.29 is 13.2 Å². The SMILES string of the molecule is COc1cccc(NS(=O)(=O)c2cc(Cl)c(Cl)cc2Cl)c1. The second-order valence-corrected chi connectivity index (χ2v) is 6.91. The summed E-state index contributed by atoms with van der Waals surface area (Å²) in [5.41, 5.74) is 0.344. The van der Waals surface area contributed by atoms with Gasteiger partial charge in [0.1, 0.15) is 10.6 Å². The van der Waals surface area contributed by atoms with Crippen LogP contribution in [0.3, 0.4) is 0 Å². The molecule has 2 aromatic carbocycles. The monoisotopic (exact) mass is 365 g/mol. The molecule has 21 heavy (non-hydrogen) atoms. The third kappa shape index (κ3) is 3.74. The van der Waals surface area contributed by atoms with Gasteiger partial charge >= 0.3 is 0 Å². The van der Waals surface area contributed by atoms with Crippen LogP contribution in [0.5, 0.6) is 5.75 Å². The second kappa shape index (κ2) is 6.32. The Labute approximate surface area is 137 Å². The van der Waals surface area contributed by atoms with E-state index in [1.165, 1.54) is 19.2 Å². The van der Waals surface area contributed by atoms with Crippen molar-refractivity contribution in [1.82, 2.24) is 0 Å². The highest BCUT2D eigenvalue weighted by molar-refractivity contribution is 7.92. The van der Waals surface area contributed by atoms with E-state index in [4.69, 9.17) is 39.5 Å². The third-order valence-corrected chi connectivity index (χ3v) is 5.15. The smallest absolute Gasteiger partial charge is 0.263 e. The Balaban J connectivity index is 2.40. The van der Waals surface area contributed by atoms with Gasteiger partial charge in [0.15, 0.2) is 0 Å². The lowest BCUT2D eigenvalue weighted by Crippen LogP contribution is -2.13. The molecule has 0 radical (unpaired) electrons. The summed E-state index contributed by atoms with van der Waals surface area (Å²) in [6.45, 7) is 0. The van der Waals surface area contributed by atoms with Crippen molar-refractivity contribution >= 4 is 50.5 Å². The lowest BCUT2D eigenvalue weighted by atomic mass is 10.3. The first-order valence-electron chi connectivity index (χ1n) is 5.65. The van der Waals surface area contributed by atoms with Crippen molar-refractivity contribution in [3.05, 3.63) is 51.5 Å². The topological polar surface area (TPSA) is 55.4 Å². The number of nitrogens with one attached hydrogen (secondary N) is 1. The van der Waals surface area contributed by atoms with Gasteiger partial charge in [-0.25, -0.2) is 8.42 Å². The maximum absolute atomic E-state index is 12.3. The molecule has 0 aromatic heterocycles. The van der Waals surface area contributed by atoms with Gasteiger partial charge in [-0.1, -0.05) is 40.9 Å². The summed E-state index contributed by atoms with van der Waals surface area (Å²) < 4.78 is 32.1. The van der Waals surface area contributed by atoms with Crippen LogP contribution in [0, 0.1) is 0 Å². The molecule has 0 unspecified atom stereocenters. The zero-order valence-electron chi connectivity index (χ0n) is 10.7. The number of benzene rings is 2. The Morgan fingerprint density at radius 1 is 1.00 bits per heavy atom. The van der Waals surface area contributed by atoms with Crippen LogP contribution >= 0.6 is 34.8 Å². The molecule has 0 heterocycles. The second-order valence-electron chi connectivity index (χ2n) is 4.03. The molecule has 0 saturated heterocycles. The molecule has 8 heteroatoms. The number of hydrogen-bond donors (Lipinski definition) is 1. The van der Waals surface area contributed by atoms with Crippen LogP contribution in [-0.2, 0) is 10.0 Å². The predicted molar refractivity (Wildman–Crippen MR) is 85.3 cm³/mol. The Morgan fingerprint density at radius 3 is 2.33 bits per heavy atom. The molecule has 0 spiro atoms. The molecule has 112 valence electrons. The number of sulfonamides is 1. The molecule has 0 amide bonds. The zero-order chi connectivity index (χ0) is 15.6. The molecule has 1 N–H and O–H groups in total. The number of ether oxygens (including phenoxy) is 1. The van der Waals surface area contributed by atoms with E-state index < -0.39 is 10.0 Å². The predicted octanol–water partition coefficient (Wildman–Crippen LogP) is 4.46. The van der Waals surface area contributed by atoms with E-state index in [1.54, 1.807) is 24.3 Å². The molecular formula is C13H10Cl3NO3S. The van der Waals surface area contributed by atoms with Crippen LogP contribution in [0.2, 0.25) is 15.1 Å². The van der Waals surface area contributed by atoms with E-state index in [0.717, 1.165) is 0 Å². The minimum absolute atomic E-state index is 0.0141.